The zero-order valence-electron chi connectivity index (χ0n) is 9.49. The summed E-state index contributed by atoms with van der Waals surface area (Å²) in [6.07, 6.45) is 5.09. The van der Waals surface area contributed by atoms with E-state index < -0.39 is 0 Å². The summed E-state index contributed by atoms with van der Waals surface area (Å²) in [5, 5.41) is 11.0. The highest BCUT2D eigenvalue weighted by Crippen LogP contribution is 2.33. The predicted octanol–water partition coefficient (Wildman–Crippen LogP) is 3.10. The summed E-state index contributed by atoms with van der Waals surface area (Å²) in [4.78, 5) is 5.90. The van der Waals surface area contributed by atoms with Gasteiger partial charge in [-0.05, 0) is 38.0 Å². The average molecular weight is 225 g/mol. The predicted molar refractivity (Wildman–Crippen MR) is 63.2 cm³/mol. The van der Waals surface area contributed by atoms with Crippen molar-refractivity contribution >= 4 is 11.3 Å². The van der Waals surface area contributed by atoms with Crippen LogP contribution < -0.4 is 0 Å². The number of hydrogen-bond acceptors (Lipinski definition) is 3. The molecule has 0 aromatic carbocycles. The fourth-order valence-corrected chi connectivity index (χ4v) is 3.15. The Labute approximate surface area is 95.4 Å². The van der Waals surface area contributed by atoms with Crippen molar-refractivity contribution in [1.29, 1.82) is 0 Å². The number of aromatic nitrogens is 1. The van der Waals surface area contributed by atoms with Crippen LogP contribution >= 0.6 is 11.3 Å². The van der Waals surface area contributed by atoms with Gasteiger partial charge in [-0.2, -0.15) is 0 Å². The van der Waals surface area contributed by atoms with Gasteiger partial charge in [0, 0.05) is 4.88 Å². The molecular weight excluding hydrogens is 206 g/mol. The van der Waals surface area contributed by atoms with Crippen molar-refractivity contribution in [2.24, 2.45) is 5.92 Å². The number of thiazole rings is 1. The Balaban J connectivity index is 2.08. The molecule has 84 valence electrons. The molecule has 0 fully saturated rings. The Morgan fingerprint density at radius 2 is 2.33 bits per heavy atom. The second kappa shape index (κ2) is 4.62. The summed E-state index contributed by atoms with van der Waals surface area (Å²) < 4.78 is 0. The standard InChI is InChI=1S/C12H19NOS/c1-8(2)6-7-11-13-12-9(14)4-3-5-10(12)15-11/h8-9,14H,3-7H2,1-2H3. The quantitative estimate of drug-likeness (QED) is 0.857. The molecule has 1 heterocycles. The van der Waals surface area contributed by atoms with Crippen LogP contribution in [0.15, 0.2) is 0 Å². The Hall–Kier alpha value is -0.410. The largest absolute Gasteiger partial charge is 0.387 e. The van der Waals surface area contributed by atoms with Crippen molar-refractivity contribution < 1.29 is 5.11 Å². The maximum Gasteiger partial charge on any atom is 0.0971 e. The number of aliphatic hydroxyl groups excluding tert-OH is 1. The van der Waals surface area contributed by atoms with Crippen LogP contribution in [-0.4, -0.2) is 10.1 Å². The lowest BCUT2D eigenvalue weighted by Gasteiger charge is -2.14. The van der Waals surface area contributed by atoms with E-state index >= 15 is 0 Å². The van der Waals surface area contributed by atoms with Gasteiger partial charge >= 0.3 is 0 Å². The second-order valence-corrected chi connectivity index (χ2v) is 5.92. The van der Waals surface area contributed by atoms with Gasteiger partial charge in [0.1, 0.15) is 0 Å². The average Bonchev–Trinajstić information content (AvgIpc) is 2.59. The van der Waals surface area contributed by atoms with E-state index in [0.717, 1.165) is 37.3 Å². The number of hydrogen-bond donors (Lipinski definition) is 1. The van der Waals surface area contributed by atoms with Gasteiger partial charge < -0.3 is 5.11 Å². The molecule has 0 bridgehead atoms. The van der Waals surface area contributed by atoms with Crippen LogP contribution in [0.1, 0.15) is 54.8 Å². The molecule has 15 heavy (non-hydrogen) atoms. The van der Waals surface area contributed by atoms with Gasteiger partial charge in [0.05, 0.1) is 16.8 Å². The lowest BCUT2D eigenvalue weighted by atomic mass is 10.0. The molecule has 1 aromatic heterocycles. The topological polar surface area (TPSA) is 33.1 Å². The number of aliphatic hydroxyl groups is 1. The zero-order chi connectivity index (χ0) is 10.8. The van der Waals surface area contributed by atoms with Gasteiger partial charge in [0.15, 0.2) is 0 Å². The Bertz CT molecular complexity index is 332. The number of aryl methyl sites for hydroxylation is 2. The normalized spacial score (nSPS) is 20.7. The third kappa shape index (κ3) is 2.58. The van der Waals surface area contributed by atoms with Gasteiger partial charge in [0.25, 0.3) is 0 Å². The first-order valence-corrected chi connectivity index (χ1v) is 6.65. The first-order chi connectivity index (χ1) is 7.16. The molecule has 3 heteroatoms. The molecule has 1 N–H and O–H groups in total. The summed E-state index contributed by atoms with van der Waals surface area (Å²) in [6, 6.07) is 0. The SMILES string of the molecule is CC(C)CCc1nc2c(s1)CCCC2O. The lowest BCUT2D eigenvalue weighted by Crippen LogP contribution is -2.07. The molecule has 0 saturated heterocycles. The maximum atomic E-state index is 9.80. The van der Waals surface area contributed by atoms with Crippen LogP contribution in [0, 0.1) is 5.92 Å². The molecule has 2 rings (SSSR count). The van der Waals surface area contributed by atoms with Gasteiger partial charge in [-0.15, -0.1) is 11.3 Å². The van der Waals surface area contributed by atoms with Crippen molar-refractivity contribution in [3.8, 4) is 0 Å². The van der Waals surface area contributed by atoms with E-state index in [0.29, 0.717) is 0 Å². The summed E-state index contributed by atoms with van der Waals surface area (Å²) >= 11 is 1.81. The highest BCUT2D eigenvalue weighted by atomic mass is 32.1. The summed E-state index contributed by atoms with van der Waals surface area (Å²) in [6.45, 7) is 4.48. The molecule has 0 radical (unpaired) electrons. The van der Waals surface area contributed by atoms with E-state index in [1.807, 2.05) is 11.3 Å². The molecule has 0 spiro atoms. The molecule has 0 saturated carbocycles. The minimum atomic E-state index is -0.294. The monoisotopic (exact) mass is 225 g/mol. The Morgan fingerprint density at radius 3 is 3.00 bits per heavy atom. The third-order valence-electron chi connectivity index (χ3n) is 2.90. The minimum Gasteiger partial charge on any atom is -0.387 e. The van der Waals surface area contributed by atoms with Gasteiger partial charge in [0.2, 0.25) is 0 Å². The van der Waals surface area contributed by atoms with Gasteiger partial charge in [-0.1, -0.05) is 13.8 Å². The smallest absolute Gasteiger partial charge is 0.0971 e. The van der Waals surface area contributed by atoms with Crippen LogP contribution in [-0.2, 0) is 12.8 Å². The van der Waals surface area contributed by atoms with E-state index in [2.05, 4.69) is 18.8 Å². The molecule has 2 nitrogen and oxygen atoms in total. The van der Waals surface area contributed by atoms with E-state index in [4.69, 9.17) is 0 Å². The summed E-state index contributed by atoms with van der Waals surface area (Å²) in [5.41, 5.74) is 0.977. The maximum absolute atomic E-state index is 9.80. The van der Waals surface area contributed by atoms with Crippen LogP contribution in [0.3, 0.4) is 0 Å². The number of fused-ring (bicyclic) bond motifs is 1. The van der Waals surface area contributed by atoms with Crippen molar-refractivity contribution in [2.75, 3.05) is 0 Å². The third-order valence-corrected chi connectivity index (χ3v) is 4.10. The molecule has 1 aliphatic carbocycles. The first-order valence-electron chi connectivity index (χ1n) is 5.83. The minimum absolute atomic E-state index is 0.294. The van der Waals surface area contributed by atoms with Crippen molar-refractivity contribution in [3.05, 3.63) is 15.6 Å². The Kier molecular flexibility index (Phi) is 3.42. The van der Waals surface area contributed by atoms with Crippen LogP contribution in [0.5, 0.6) is 0 Å². The van der Waals surface area contributed by atoms with Crippen molar-refractivity contribution in [2.45, 2.75) is 52.1 Å². The van der Waals surface area contributed by atoms with Gasteiger partial charge in [-0.3, -0.25) is 0 Å². The molecule has 0 amide bonds. The summed E-state index contributed by atoms with van der Waals surface area (Å²) in [5.74, 6) is 0.732. The van der Waals surface area contributed by atoms with E-state index in [9.17, 15) is 5.11 Å². The van der Waals surface area contributed by atoms with Crippen LogP contribution in [0.4, 0.5) is 0 Å². The Morgan fingerprint density at radius 1 is 1.53 bits per heavy atom. The van der Waals surface area contributed by atoms with Gasteiger partial charge in [-0.25, -0.2) is 4.98 Å². The highest BCUT2D eigenvalue weighted by Gasteiger charge is 2.22. The number of nitrogens with zero attached hydrogens (tertiary/aromatic N) is 1. The lowest BCUT2D eigenvalue weighted by molar-refractivity contribution is 0.153. The zero-order valence-corrected chi connectivity index (χ0v) is 10.3. The molecule has 0 aliphatic heterocycles. The fourth-order valence-electron chi connectivity index (χ4n) is 1.97. The summed E-state index contributed by atoms with van der Waals surface area (Å²) in [7, 11) is 0. The fraction of sp³-hybridized carbons (Fsp3) is 0.750. The second-order valence-electron chi connectivity index (χ2n) is 4.76. The van der Waals surface area contributed by atoms with Crippen molar-refractivity contribution in [3.63, 3.8) is 0 Å². The van der Waals surface area contributed by atoms with E-state index in [-0.39, 0.29) is 6.10 Å². The van der Waals surface area contributed by atoms with Crippen LogP contribution in [0.25, 0.3) is 0 Å². The van der Waals surface area contributed by atoms with E-state index in [1.165, 1.54) is 16.3 Å². The van der Waals surface area contributed by atoms with E-state index in [1.54, 1.807) is 0 Å². The molecular formula is C12H19NOS. The molecule has 1 aromatic rings. The number of rotatable bonds is 3. The van der Waals surface area contributed by atoms with Crippen LogP contribution in [0.2, 0.25) is 0 Å². The molecule has 1 unspecified atom stereocenters. The molecule has 1 aliphatic rings. The highest BCUT2D eigenvalue weighted by molar-refractivity contribution is 7.11. The first kappa shape index (κ1) is 11.1. The molecule has 1 atom stereocenters. The van der Waals surface area contributed by atoms with Crippen molar-refractivity contribution in [1.82, 2.24) is 4.98 Å².